The van der Waals surface area contributed by atoms with Gasteiger partial charge >= 0.3 is 12.0 Å². The monoisotopic (exact) mass is 599 g/mol. The molecule has 0 bridgehead atoms. The van der Waals surface area contributed by atoms with E-state index in [0.717, 1.165) is 41.6 Å². The maximum atomic E-state index is 13.7. The average molecular weight is 600 g/mol. The van der Waals surface area contributed by atoms with Gasteiger partial charge in [-0.25, -0.2) is 20.4 Å². The molecule has 44 heavy (non-hydrogen) atoms. The number of ether oxygens (including phenoxy) is 2. The average Bonchev–Trinajstić information content (AvgIpc) is 3.57. The zero-order valence-corrected chi connectivity index (χ0v) is 24.6. The molecular formula is C33H37N5O6. The van der Waals surface area contributed by atoms with Crippen molar-refractivity contribution < 1.29 is 29.0 Å². The summed E-state index contributed by atoms with van der Waals surface area (Å²) in [6.45, 7) is 0.451. The Morgan fingerprint density at radius 2 is 1.93 bits per heavy atom. The first kappa shape index (κ1) is 29.4. The third-order valence-corrected chi connectivity index (χ3v) is 8.78. The van der Waals surface area contributed by atoms with E-state index in [1.807, 2.05) is 66.7 Å². The van der Waals surface area contributed by atoms with Gasteiger partial charge in [0.1, 0.15) is 29.2 Å². The number of nitrogens with two attached hydrogens (primary N) is 1. The second-order valence-corrected chi connectivity index (χ2v) is 11.7. The number of hydrogen-bond acceptors (Lipinski definition) is 7. The molecule has 3 aliphatic rings. The number of pyridine rings is 1. The highest BCUT2D eigenvalue weighted by molar-refractivity contribution is 5.95. The molecule has 0 unspecified atom stereocenters. The van der Waals surface area contributed by atoms with E-state index in [1.165, 1.54) is 4.90 Å². The van der Waals surface area contributed by atoms with E-state index in [4.69, 9.17) is 20.3 Å². The van der Waals surface area contributed by atoms with Crippen LogP contribution in [0.5, 0.6) is 11.5 Å². The minimum atomic E-state index is -1.38. The fourth-order valence-electron chi connectivity index (χ4n) is 6.19. The second kappa shape index (κ2) is 12.2. The van der Waals surface area contributed by atoms with Gasteiger partial charge in [-0.1, -0.05) is 48.9 Å². The molecule has 6 rings (SSSR count). The van der Waals surface area contributed by atoms with E-state index >= 15 is 0 Å². The highest BCUT2D eigenvalue weighted by Gasteiger charge is 2.61. The minimum absolute atomic E-state index is 0.106. The van der Waals surface area contributed by atoms with Crippen LogP contribution < -0.4 is 20.6 Å². The van der Waals surface area contributed by atoms with Crippen molar-refractivity contribution in [2.24, 2.45) is 11.8 Å². The number of nitrogens with zero attached hydrogens (tertiary/aromatic N) is 3. The van der Waals surface area contributed by atoms with Crippen molar-refractivity contribution in [1.29, 1.82) is 0 Å². The van der Waals surface area contributed by atoms with Gasteiger partial charge in [-0.05, 0) is 37.8 Å². The smallest absolute Gasteiger partial charge is 0.334 e. The summed E-state index contributed by atoms with van der Waals surface area (Å²) in [4.78, 5) is 45.8. The van der Waals surface area contributed by atoms with E-state index in [1.54, 1.807) is 7.11 Å². The Balaban J connectivity index is 1.32. The maximum Gasteiger partial charge on any atom is 0.334 e. The molecule has 11 heteroatoms. The topological polar surface area (TPSA) is 147 Å². The number of carbonyl (C=O) groups excluding carboxylic acids is 2. The minimum Gasteiger partial charge on any atom is -0.497 e. The van der Waals surface area contributed by atoms with Crippen molar-refractivity contribution in [3.05, 3.63) is 66.7 Å². The maximum absolute atomic E-state index is 13.7. The number of amides is 3. The molecule has 2 fully saturated rings. The number of urea groups is 1. The lowest BCUT2D eigenvalue weighted by molar-refractivity contribution is -0.144. The van der Waals surface area contributed by atoms with Crippen LogP contribution >= 0.6 is 0 Å². The number of rotatable bonds is 5. The Morgan fingerprint density at radius 3 is 2.70 bits per heavy atom. The van der Waals surface area contributed by atoms with E-state index in [-0.39, 0.29) is 18.9 Å². The Kier molecular flexibility index (Phi) is 8.13. The number of nitrogens with one attached hydrogen (secondary N) is 1. The number of carboxylic acids is 1. The number of hydrogen-bond donors (Lipinski definition) is 3. The predicted molar refractivity (Wildman–Crippen MR) is 164 cm³/mol. The standard InChI is InChI=1S/C33H37N5O6/c1-43-23-13-14-25-27(16-23)35-26(21-10-6-5-7-11-21)18-29(25)44-24-17-28-30(39)36-33(31(40)41)19-22(33)12-8-3-2-4-9-15-38(34)32(42)37(28)20-24/h5-8,10-14,16,18,22,24,28H,2-4,9,15,17,19-20,34H2,1H3,(H,36,39)(H,40,41)/b12-8-/t22-,24-,28+,33-/m1/s1. The third-order valence-electron chi connectivity index (χ3n) is 8.78. The number of carboxylic acid groups (broad SMARTS) is 1. The molecule has 1 aromatic heterocycles. The number of benzene rings is 2. The van der Waals surface area contributed by atoms with Crippen LogP contribution in [-0.4, -0.2) is 75.8 Å². The summed E-state index contributed by atoms with van der Waals surface area (Å²) in [6.07, 6.45) is 7.08. The van der Waals surface area contributed by atoms with Gasteiger partial charge in [-0.3, -0.25) is 9.80 Å². The molecule has 4 N–H and O–H groups in total. The molecule has 1 saturated carbocycles. The predicted octanol–water partition coefficient (Wildman–Crippen LogP) is 4.12. The molecule has 1 aliphatic carbocycles. The summed E-state index contributed by atoms with van der Waals surface area (Å²) < 4.78 is 12.0. The van der Waals surface area contributed by atoms with Crippen molar-refractivity contribution in [3.63, 3.8) is 0 Å². The summed E-state index contributed by atoms with van der Waals surface area (Å²) >= 11 is 0. The quantitative estimate of drug-likeness (QED) is 0.226. The number of hydrazine groups is 1. The van der Waals surface area contributed by atoms with Crippen molar-refractivity contribution >= 4 is 28.8 Å². The third kappa shape index (κ3) is 5.79. The van der Waals surface area contributed by atoms with Crippen LogP contribution in [0.15, 0.2) is 66.7 Å². The molecule has 0 radical (unpaired) electrons. The molecule has 11 nitrogen and oxygen atoms in total. The van der Waals surface area contributed by atoms with Crippen molar-refractivity contribution in [3.8, 4) is 22.8 Å². The first-order valence-corrected chi connectivity index (χ1v) is 15.0. The van der Waals surface area contributed by atoms with Crippen LogP contribution in [0.25, 0.3) is 22.2 Å². The molecule has 2 aromatic carbocycles. The fraction of sp³-hybridized carbons (Fsp3) is 0.394. The van der Waals surface area contributed by atoms with Crippen molar-refractivity contribution in [2.45, 2.75) is 56.2 Å². The van der Waals surface area contributed by atoms with E-state index in [2.05, 4.69) is 5.32 Å². The molecule has 3 heterocycles. The molecule has 4 atom stereocenters. The molecule has 2 aliphatic heterocycles. The second-order valence-electron chi connectivity index (χ2n) is 11.7. The Bertz CT molecular complexity index is 1600. The summed E-state index contributed by atoms with van der Waals surface area (Å²) in [5, 5.41) is 14.7. The van der Waals surface area contributed by atoms with Crippen LogP contribution in [-0.2, 0) is 9.59 Å². The van der Waals surface area contributed by atoms with Gasteiger partial charge in [0.25, 0.3) is 0 Å². The number of aromatic nitrogens is 1. The summed E-state index contributed by atoms with van der Waals surface area (Å²) in [5.74, 6) is 5.49. The van der Waals surface area contributed by atoms with Gasteiger partial charge in [-0.15, -0.1) is 0 Å². The van der Waals surface area contributed by atoms with Crippen molar-refractivity contribution in [2.75, 3.05) is 20.2 Å². The highest BCUT2D eigenvalue weighted by Crippen LogP contribution is 2.45. The summed E-state index contributed by atoms with van der Waals surface area (Å²) in [7, 11) is 1.59. The Labute approximate surface area is 255 Å². The van der Waals surface area contributed by atoms with Crippen LogP contribution in [0.4, 0.5) is 4.79 Å². The van der Waals surface area contributed by atoms with Gasteiger partial charge in [0.2, 0.25) is 5.91 Å². The molecule has 3 aromatic rings. The normalized spacial score (nSPS) is 26.5. The number of aliphatic carboxylic acids is 1. The van der Waals surface area contributed by atoms with E-state index in [0.29, 0.717) is 35.7 Å². The number of methoxy groups -OCH3 is 1. The van der Waals surface area contributed by atoms with E-state index < -0.39 is 35.6 Å². The number of allylic oxidation sites excluding steroid dienone is 1. The first-order valence-electron chi connectivity index (χ1n) is 15.0. The van der Waals surface area contributed by atoms with Crippen LogP contribution in [0.1, 0.15) is 38.5 Å². The van der Waals surface area contributed by atoms with E-state index in [9.17, 15) is 19.5 Å². The van der Waals surface area contributed by atoms with Crippen LogP contribution in [0, 0.1) is 5.92 Å². The zero-order valence-electron chi connectivity index (χ0n) is 24.6. The SMILES string of the molecule is COc1ccc2c(O[C@@H]3C[C@H]4C(=O)N[C@]5(C(=O)O)C[C@H]5/C=C\CCCCCN(N)C(=O)N4C3)cc(-c3ccccc3)nc2c1. The van der Waals surface area contributed by atoms with Crippen molar-refractivity contribution in [1.82, 2.24) is 20.2 Å². The number of fused-ring (bicyclic) bond motifs is 3. The van der Waals surface area contributed by atoms with Gasteiger partial charge < -0.3 is 24.8 Å². The van der Waals surface area contributed by atoms with Crippen LogP contribution in [0.2, 0.25) is 0 Å². The molecular weight excluding hydrogens is 562 g/mol. The van der Waals surface area contributed by atoms with Crippen LogP contribution in [0.3, 0.4) is 0 Å². The molecule has 0 spiro atoms. The molecule has 230 valence electrons. The fourth-order valence-corrected chi connectivity index (χ4v) is 6.19. The molecule has 1 saturated heterocycles. The lowest BCUT2D eigenvalue weighted by Gasteiger charge is -2.29. The van der Waals surface area contributed by atoms with Gasteiger partial charge in [0.15, 0.2) is 0 Å². The van der Waals surface area contributed by atoms with Gasteiger partial charge in [-0.2, -0.15) is 0 Å². The largest absolute Gasteiger partial charge is 0.497 e. The first-order chi connectivity index (χ1) is 21.3. The lowest BCUT2D eigenvalue weighted by atomic mass is 10.1. The molecule has 3 amide bonds. The summed E-state index contributed by atoms with van der Waals surface area (Å²) in [5.41, 5.74) is 0.898. The highest BCUT2D eigenvalue weighted by atomic mass is 16.5. The number of carbonyl (C=O) groups is 3. The Morgan fingerprint density at radius 1 is 1.11 bits per heavy atom. The van der Waals surface area contributed by atoms with Gasteiger partial charge in [0.05, 0.1) is 24.9 Å². The summed E-state index contributed by atoms with van der Waals surface area (Å²) in [6, 6.07) is 15.7. The lowest BCUT2D eigenvalue weighted by Crippen LogP contribution is -2.56. The zero-order chi connectivity index (χ0) is 30.8. The Hall–Kier alpha value is -4.64. The van der Waals surface area contributed by atoms with Gasteiger partial charge in [0, 0.05) is 42.0 Å².